The molecule has 0 saturated carbocycles. The summed E-state index contributed by atoms with van der Waals surface area (Å²) < 4.78 is 31.8. The smallest absolute Gasteiger partial charge is 0.248 e. The van der Waals surface area contributed by atoms with E-state index in [9.17, 15) is 8.42 Å². The lowest BCUT2D eigenvalue weighted by Crippen LogP contribution is -2.45. The molecule has 20 heavy (non-hydrogen) atoms. The van der Waals surface area contributed by atoms with Gasteiger partial charge in [0.25, 0.3) is 0 Å². The standard InChI is InChI=1S/C13H23N3O3S/c1-4-7-14-12-5-8-16(9-6-12)20(17,18)13-10(2)15-19-11(13)3/h12,14H,4-9H2,1-3H3. The summed E-state index contributed by atoms with van der Waals surface area (Å²) in [4.78, 5) is 0.234. The van der Waals surface area contributed by atoms with E-state index in [0.29, 0.717) is 30.6 Å². The van der Waals surface area contributed by atoms with E-state index < -0.39 is 10.0 Å². The molecule has 0 radical (unpaired) electrons. The van der Waals surface area contributed by atoms with Crippen molar-refractivity contribution in [3.05, 3.63) is 11.5 Å². The largest absolute Gasteiger partial charge is 0.360 e. The fraction of sp³-hybridized carbons (Fsp3) is 0.769. The number of sulfonamides is 1. The number of nitrogens with one attached hydrogen (secondary N) is 1. The maximum atomic E-state index is 12.6. The van der Waals surface area contributed by atoms with Crippen molar-refractivity contribution in [1.82, 2.24) is 14.8 Å². The molecule has 1 fully saturated rings. The Kier molecular flexibility index (Phi) is 4.82. The van der Waals surface area contributed by atoms with E-state index in [1.807, 2.05) is 0 Å². The van der Waals surface area contributed by atoms with Crippen LogP contribution in [-0.2, 0) is 10.0 Å². The molecule has 0 aliphatic carbocycles. The van der Waals surface area contributed by atoms with Gasteiger partial charge in [-0.25, -0.2) is 8.42 Å². The highest BCUT2D eigenvalue weighted by molar-refractivity contribution is 7.89. The monoisotopic (exact) mass is 301 g/mol. The summed E-state index contributed by atoms with van der Waals surface area (Å²) in [6.07, 6.45) is 2.79. The highest BCUT2D eigenvalue weighted by atomic mass is 32.2. The van der Waals surface area contributed by atoms with Crippen LogP contribution < -0.4 is 5.32 Å². The zero-order chi connectivity index (χ0) is 14.8. The topological polar surface area (TPSA) is 75.4 Å². The first-order valence-electron chi connectivity index (χ1n) is 7.13. The SMILES string of the molecule is CCCNC1CCN(S(=O)(=O)c2c(C)noc2C)CC1. The van der Waals surface area contributed by atoms with Crippen molar-refractivity contribution in [2.24, 2.45) is 0 Å². The van der Waals surface area contributed by atoms with E-state index in [1.165, 1.54) is 0 Å². The summed E-state index contributed by atoms with van der Waals surface area (Å²) in [5, 5.41) is 7.19. The van der Waals surface area contributed by atoms with Gasteiger partial charge in [0.15, 0.2) is 5.76 Å². The lowest BCUT2D eigenvalue weighted by molar-refractivity contribution is 0.289. The van der Waals surface area contributed by atoms with Crippen LogP contribution in [0.15, 0.2) is 9.42 Å². The van der Waals surface area contributed by atoms with E-state index in [2.05, 4.69) is 17.4 Å². The summed E-state index contributed by atoms with van der Waals surface area (Å²) in [5.74, 6) is 0.369. The quantitative estimate of drug-likeness (QED) is 0.890. The molecule has 1 aliphatic heterocycles. The molecule has 0 aromatic carbocycles. The predicted molar refractivity (Wildman–Crippen MR) is 76.1 cm³/mol. The highest BCUT2D eigenvalue weighted by Crippen LogP contribution is 2.25. The van der Waals surface area contributed by atoms with Crippen molar-refractivity contribution in [3.8, 4) is 0 Å². The molecule has 0 amide bonds. The number of hydrogen-bond donors (Lipinski definition) is 1. The molecule has 0 unspecified atom stereocenters. The molecular weight excluding hydrogens is 278 g/mol. The van der Waals surface area contributed by atoms with Crippen LogP contribution in [0.2, 0.25) is 0 Å². The molecule has 1 N–H and O–H groups in total. The second-order valence-corrected chi connectivity index (χ2v) is 7.16. The first kappa shape index (κ1) is 15.5. The summed E-state index contributed by atoms with van der Waals surface area (Å²) >= 11 is 0. The summed E-state index contributed by atoms with van der Waals surface area (Å²) in [5.41, 5.74) is 0.439. The zero-order valence-corrected chi connectivity index (χ0v) is 13.2. The lowest BCUT2D eigenvalue weighted by Gasteiger charge is -2.31. The third-order valence-electron chi connectivity index (χ3n) is 3.70. The van der Waals surface area contributed by atoms with Crippen molar-refractivity contribution in [2.75, 3.05) is 19.6 Å². The number of piperidine rings is 1. The van der Waals surface area contributed by atoms with Gasteiger partial charge in [0.2, 0.25) is 10.0 Å². The Balaban J connectivity index is 2.06. The number of rotatable bonds is 5. The molecule has 1 aromatic rings. The van der Waals surface area contributed by atoms with Crippen molar-refractivity contribution >= 4 is 10.0 Å². The minimum absolute atomic E-state index is 0.234. The average molecular weight is 301 g/mol. The fourth-order valence-corrected chi connectivity index (χ4v) is 4.38. The van der Waals surface area contributed by atoms with Crippen LogP contribution in [0.5, 0.6) is 0 Å². The average Bonchev–Trinajstić information content (AvgIpc) is 2.77. The van der Waals surface area contributed by atoms with Gasteiger partial charge < -0.3 is 9.84 Å². The fourth-order valence-electron chi connectivity index (χ4n) is 2.62. The Morgan fingerprint density at radius 1 is 1.35 bits per heavy atom. The van der Waals surface area contributed by atoms with Crippen LogP contribution in [0, 0.1) is 13.8 Å². The second-order valence-electron chi connectivity index (χ2n) is 5.29. The maximum absolute atomic E-state index is 12.6. The van der Waals surface area contributed by atoms with E-state index in [4.69, 9.17) is 4.52 Å². The minimum Gasteiger partial charge on any atom is -0.360 e. The molecule has 2 heterocycles. The van der Waals surface area contributed by atoms with E-state index in [1.54, 1.807) is 18.2 Å². The maximum Gasteiger partial charge on any atom is 0.248 e. The van der Waals surface area contributed by atoms with Gasteiger partial charge >= 0.3 is 0 Å². The number of nitrogens with zero attached hydrogens (tertiary/aromatic N) is 2. The van der Waals surface area contributed by atoms with Gasteiger partial charge in [0, 0.05) is 19.1 Å². The Morgan fingerprint density at radius 3 is 2.50 bits per heavy atom. The highest BCUT2D eigenvalue weighted by Gasteiger charge is 2.33. The van der Waals surface area contributed by atoms with Crippen molar-refractivity contribution in [2.45, 2.75) is 51.0 Å². The number of aryl methyl sites for hydroxylation is 2. The molecule has 7 heteroatoms. The Bertz CT molecular complexity index is 526. The Labute approximate surface area is 120 Å². The molecule has 1 saturated heterocycles. The number of hydrogen-bond acceptors (Lipinski definition) is 5. The predicted octanol–water partition coefficient (Wildman–Crippen LogP) is 1.44. The molecule has 114 valence electrons. The molecule has 1 aliphatic rings. The minimum atomic E-state index is -3.47. The molecule has 0 spiro atoms. The zero-order valence-electron chi connectivity index (χ0n) is 12.3. The Morgan fingerprint density at radius 2 is 2.00 bits per heavy atom. The summed E-state index contributed by atoms with van der Waals surface area (Å²) in [6.45, 7) is 7.52. The van der Waals surface area contributed by atoms with Crippen LogP contribution in [0.4, 0.5) is 0 Å². The van der Waals surface area contributed by atoms with Crippen LogP contribution >= 0.6 is 0 Å². The van der Waals surface area contributed by atoms with Crippen LogP contribution in [0.25, 0.3) is 0 Å². The van der Waals surface area contributed by atoms with Gasteiger partial charge in [-0.2, -0.15) is 4.31 Å². The second kappa shape index (κ2) is 6.24. The van der Waals surface area contributed by atoms with Gasteiger partial charge in [-0.15, -0.1) is 0 Å². The summed E-state index contributed by atoms with van der Waals surface area (Å²) in [7, 11) is -3.47. The van der Waals surface area contributed by atoms with E-state index in [-0.39, 0.29) is 4.90 Å². The number of aromatic nitrogens is 1. The van der Waals surface area contributed by atoms with E-state index >= 15 is 0 Å². The Hall–Kier alpha value is -0.920. The van der Waals surface area contributed by atoms with Gasteiger partial charge in [0.05, 0.1) is 0 Å². The van der Waals surface area contributed by atoms with Gasteiger partial charge in [-0.05, 0) is 39.7 Å². The molecule has 6 nitrogen and oxygen atoms in total. The normalized spacial score (nSPS) is 18.6. The van der Waals surface area contributed by atoms with Crippen LogP contribution in [0.3, 0.4) is 0 Å². The molecule has 0 bridgehead atoms. The van der Waals surface area contributed by atoms with Crippen molar-refractivity contribution in [3.63, 3.8) is 0 Å². The van der Waals surface area contributed by atoms with Crippen molar-refractivity contribution < 1.29 is 12.9 Å². The molecule has 0 atom stereocenters. The first-order valence-corrected chi connectivity index (χ1v) is 8.57. The van der Waals surface area contributed by atoms with Crippen LogP contribution in [0.1, 0.15) is 37.6 Å². The van der Waals surface area contributed by atoms with Crippen LogP contribution in [-0.4, -0.2) is 43.6 Å². The molecule has 2 rings (SSSR count). The van der Waals surface area contributed by atoms with Crippen molar-refractivity contribution in [1.29, 1.82) is 0 Å². The summed E-state index contributed by atoms with van der Waals surface area (Å²) in [6, 6.07) is 0.422. The third-order valence-corrected chi connectivity index (χ3v) is 5.85. The molecular formula is C13H23N3O3S. The van der Waals surface area contributed by atoms with Gasteiger partial charge in [-0.1, -0.05) is 12.1 Å². The van der Waals surface area contributed by atoms with Gasteiger partial charge in [0.1, 0.15) is 10.6 Å². The van der Waals surface area contributed by atoms with Gasteiger partial charge in [-0.3, -0.25) is 0 Å². The third kappa shape index (κ3) is 3.05. The molecule has 1 aromatic heterocycles. The lowest BCUT2D eigenvalue weighted by atomic mass is 10.1. The van der Waals surface area contributed by atoms with E-state index in [0.717, 1.165) is 25.8 Å². The first-order chi connectivity index (χ1) is 9.46.